The van der Waals surface area contributed by atoms with Crippen molar-refractivity contribution in [3.05, 3.63) is 5.89 Å². The highest BCUT2D eigenvalue weighted by atomic mass is 16.5. The van der Waals surface area contributed by atoms with Crippen LogP contribution in [0.1, 0.15) is 32.6 Å². The van der Waals surface area contributed by atoms with Gasteiger partial charge in [-0.1, -0.05) is 13.8 Å². The van der Waals surface area contributed by atoms with Gasteiger partial charge in [-0.15, -0.1) is 0 Å². The van der Waals surface area contributed by atoms with Crippen LogP contribution in [0.3, 0.4) is 0 Å². The fraction of sp³-hybridized carbons (Fsp3) is 0.786. The molecule has 1 aliphatic rings. The van der Waals surface area contributed by atoms with Crippen LogP contribution < -0.4 is 4.90 Å². The van der Waals surface area contributed by atoms with Gasteiger partial charge in [0.1, 0.15) is 0 Å². The highest BCUT2D eigenvalue weighted by Crippen LogP contribution is 2.31. The Bertz CT molecular complexity index is 476. The zero-order valence-corrected chi connectivity index (χ0v) is 13.0. The lowest BCUT2D eigenvalue weighted by Crippen LogP contribution is -2.44. The molecule has 0 aliphatic carbocycles. The molecule has 7 heteroatoms. The molecule has 1 N–H and O–H groups in total. The molecule has 0 aromatic carbocycles. The number of carboxylic acid groups (broad SMARTS) is 1. The molecule has 1 aliphatic heterocycles. The number of piperazine rings is 1. The van der Waals surface area contributed by atoms with E-state index in [9.17, 15) is 9.90 Å². The zero-order valence-electron chi connectivity index (χ0n) is 13.0. The van der Waals surface area contributed by atoms with Gasteiger partial charge in [-0.05, 0) is 25.0 Å². The lowest BCUT2D eigenvalue weighted by molar-refractivity contribution is -0.149. The van der Waals surface area contributed by atoms with Gasteiger partial charge in [-0.25, -0.2) is 0 Å². The number of carbonyl (C=O) groups is 1. The zero-order chi connectivity index (χ0) is 15.5. The fourth-order valence-corrected chi connectivity index (χ4v) is 2.62. The van der Waals surface area contributed by atoms with Gasteiger partial charge in [-0.3, -0.25) is 4.79 Å². The number of rotatable bonds is 6. The average Bonchev–Trinajstić information content (AvgIpc) is 2.93. The molecule has 1 saturated heterocycles. The number of aromatic nitrogens is 2. The van der Waals surface area contributed by atoms with E-state index in [1.807, 2.05) is 13.8 Å². The third kappa shape index (κ3) is 3.34. The quantitative estimate of drug-likeness (QED) is 0.846. The predicted molar refractivity (Wildman–Crippen MR) is 78.4 cm³/mol. The summed E-state index contributed by atoms with van der Waals surface area (Å²) in [5.41, 5.74) is -0.814. The lowest BCUT2D eigenvalue weighted by Gasteiger charge is -2.31. The first-order valence-electron chi connectivity index (χ1n) is 7.50. The first kappa shape index (κ1) is 15.8. The highest BCUT2D eigenvalue weighted by Gasteiger charge is 2.37. The average molecular weight is 296 g/mol. The maximum atomic E-state index is 11.5. The van der Waals surface area contributed by atoms with Crippen molar-refractivity contribution in [1.29, 1.82) is 0 Å². The van der Waals surface area contributed by atoms with Gasteiger partial charge in [0.25, 0.3) is 5.95 Å². The van der Waals surface area contributed by atoms with Crippen LogP contribution in [0.15, 0.2) is 4.52 Å². The number of likely N-dealkylation sites (N-methyl/N-ethyl adjacent to an activating group) is 1. The lowest BCUT2D eigenvalue weighted by atomic mass is 9.79. The van der Waals surface area contributed by atoms with Gasteiger partial charge in [0.05, 0.1) is 5.41 Å². The van der Waals surface area contributed by atoms with Crippen LogP contribution in [-0.4, -0.2) is 59.3 Å². The topological polar surface area (TPSA) is 82.7 Å². The summed E-state index contributed by atoms with van der Waals surface area (Å²) >= 11 is 0. The molecule has 0 saturated carbocycles. The van der Waals surface area contributed by atoms with Gasteiger partial charge in [0, 0.05) is 32.6 Å². The second-order valence-corrected chi connectivity index (χ2v) is 5.75. The Balaban J connectivity index is 2.07. The molecule has 1 aromatic rings. The minimum absolute atomic E-state index is 0.288. The van der Waals surface area contributed by atoms with Gasteiger partial charge in [0.15, 0.2) is 0 Å². The molecule has 0 amide bonds. The minimum Gasteiger partial charge on any atom is -0.481 e. The normalized spacial score (nSPS) is 17.2. The summed E-state index contributed by atoms with van der Waals surface area (Å²) in [7, 11) is 2.09. The van der Waals surface area contributed by atoms with Crippen molar-refractivity contribution >= 4 is 11.9 Å². The summed E-state index contributed by atoms with van der Waals surface area (Å²) in [4.78, 5) is 20.2. The number of aliphatic carboxylic acids is 1. The molecule has 0 bridgehead atoms. The molecule has 2 rings (SSSR count). The summed E-state index contributed by atoms with van der Waals surface area (Å²) < 4.78 is 5.27. The summed E-state index contributed by atoms with van der Waals surface area (Å²) in [6, 6.07) is 0. The molecule has 0 unspecified atom stereocenters. The molecule has 0 radical (unpaired) electrons. The Kier molecular flexibility index (Phi) is 4.82. The predicted octanol–water partition coefficient (Wildman–Crippen LogP) is 1.25. The van der Waals surface area contributed by atoms with Crippen molar-refractivity contribution in [2.75, 3.05) is 38.1 Å². The number of hydrogen-bond donors (Lipinski definition) is 1. The Labute approximate surface area is 124 Å². The number of carboxylic acids is 1. The van der Waals surface area contributed by atoms with E-state index in [1.165, 1.54) is 0 Å². The van der Waals surface area contributed by atoms with Crippen LogP contribution in [0.25, 0.3) is 0 Å². The van der Waals surface area contributed by atoms with Crippen LogP contribution in [-0.2, 0) is 11.2 Å². The molecular formula is C14H24N4O3. The van der Waals surface area contributed by atoms with Crippen molar-refractivity contribution in [1.82, 2.24) is 15.0 Å². The molecule has 21 heavy (non-hydrogen) atoms. The second kappa shape index (κ2) is 6.43. The SMILES string of the molecule is CCC(CC)(Cc1nc(N2CCN(C)CC2)no1)C(=O)O. The van der Waals surface area contributed by atoms with E-state index in [2.05, 4.69) is 27.0 Å². The third-order valence-corrected chi connectivity index (χ3v) is 4.54. The van der Waals surface area contributed by atoms with Crippen LogP contribution in [0.4, 0.5) is 5.95 Å². The fourth-order valence-electron chi connectivity index (χ4n) is 2.62. The molecule has 2 heterocycles. The van der Waals surface area contributed by atoms with Gasteiger partial charge < -0.3 is 19.4 Å². The van der Waals surface area contributed by atoms with E-state index in [0.717, 1.165) is 26.2 Å². The summed E-state index contributed by atoms with van der Waals surface area (Å²) in [6.45, 7) is 7.42. The van der Waals surface area contributed by atoms with E-state index in [-0.39, 0.29) is 6.42 Å². The number of nitrogens with zero attached hydrogens (tertiary/aromatic N) is 4. The van der Waals surface area contributed by atoms with Crippen molar-refractivity contribution in [2.24, 2.45) is 5.41 Å². The van der Waals surface area contributed by atoms with Crippen LogP contribution in [0.2, 0.25) is 0 Å². The molecule has 118 valence electrons. The molecule has 1 aromatic heterocycles. The number of hydrogen-bond acceptors (Lipinski definition) is 6. The molecule has 0 spiro atoms. The first-order chi connectivity index (χ1) is 10.0. The summed E-state index contributed by atoms with van der Waals surface area (Å²) in [6.07, 6.45) is 1.38. The molecule has 1 fully saturated rings. The monoisotopic (exact) mass is 296 g/mol. The summed E-state index contributed by atoms with van der Waals surface area (Å²) in [5, 5.41) is 13.5. The Morgan fingerprint density at radius 3 is 2.43 bits per heavy atom. The van der Waals surface area contributed by atoms with Crippen LogP contribution >= 0.6 is 0 Å². The molecule has 7 nitrogen and oxygen atoms in total. The Morgan fingerprint density at radius 2 is 1.90 bits per heavy atom. The largest absolute Gasteiger partial charge is 0.481 e. The summed E-state index contributed by atoms with van der Waals surface area (Å²) in [5.74, 6) is 0.187. The van der Waals surface area contributed by atoms with Gasteiger partial charge in [0.2, 0.25) is 5.89 Å². The van der Waals surface area contributed by atoms with Crippen molar-refractivity contribution < 1.29 is 14.4 Å². The maximum absolute atomic E-state index is 11.5. The maximum Gasteiger partial charge on any atom is 0.310 e. The Hall–Kier alpha value is -1.63. The third-order valence-electron chi connectivity index (χ3n) is 4.54. The first-order valence-corrected chi connectivity index (χ1v) is 7.50. The van der Waals surface area contributed by atoms with E-state index in [4.69, 9.17) is 4.52 Å². The smallest absolute Gasteiger partial charge is 0.310 e. The van der Waals surface area contributed by atoms with E-state index in [1.54, 1.807) is 0 Å². The Morgan fingerprint density at radius 1 is 1.29 bits per heavy atom. The van der Waals surface area contributed by atoms with Crippen molar-refractivity contribution in [3.63, 3.8) is 0 Å². The van der Waals surface area contributed by atoms with E-state index >= 15 is 0 Å². The van der Waals surface area contributed by atoms with E-state index < -0.39 is 11.4 Å². The second-order valence-electron chi connectivity index (χ2n) is 5.75. The molecule has 0 atom stereocenters. The standard InChI is InChI=1S/C14H24N4O3/c1-4-14(5-2,12(19)20)10-11-15-13(16-21-11)18-8-6-17(3)7-9-18/h4-10H2,1-3H3,(H,19,20). The van der Waals surface area contributed by atoms with Crippen molar-refractivity contribution in [2.45, 2.75) is 33.1 Å². The highest BCUT2D eigenvalue weighted by molar-refractivity contribution is 5.74. The van der Waals surface area contributed by atoms with Gasteiger partial charge in [-0.2, -0.15) is 4.98 Å². The number of anilines is 1. The van der Waals surface area contributed by atoms with Gasteiger partial charge >= 0.3 is 5.97 Å². The van der Waals surface area contributed by atoms with Crippen LogP contribution in [0, 0.1) is 5.41 Å². The molecular weight excluding hydrogens is 272 g/mol. The van der Waals surface area contributed by atoms with Crippen molar-refractivity contribution in [3.8, 4) is 0 Å². The van der Waals surface area contributed by atoms with E-state index in [0.29, 0.717) is 24.7 Å². The minimum atomic E-state index is -0.814. The van der Waals surface area contributed by atoms with Crippen LogP contribution in [0.5, 0.6) is 0 Å².